The summed E-state index contributed by atoms with van der Waals surface area (Å²) in [5.74, 6) is -1.55. The van der Waals surface area contributed by atoms with E-state index in [4.69, 9.17) is 0 Å². The Morgan fingerprint density at radius 2 is 2.04 bits per heavy atom. The first-order chi connectivity index (χ1) is 13.5. The number of benzene rings is 2. The molecular formula is C21H17FN2O3S. The smallest absolute Gasteiger partial charge is 0.327 e. The molecule has 0 bridgehead atoms. The van der Waals surface area contributed by atoms with Gasteiger partial charge < -0.3 is 5.11 Å². The van der Waals surface area contributed by atoms with E-state index in [0.717, 1.165) is 10.4 Å². The number of para-hydroxylation sites is 1. The molecule has 0 aliphatic carbocycles. The summed E-state index contributed by atoms with van der Waals surface area (Å²) in [6.07, 6.45) is 2.64. The van der Waals surface area contributed by atoms with E-state index in [1.54, 1.807) is 30.5 Å². The second-order valence-electron chi connectivity index (χ2n) is 6.59. The lowest BCUT2D eigenvalue weighted by Gasteiger charge is -2.22. The average Bonchev–Trinajstić information content (AvgIpc) is 3.31. The highest BCUT2D eigenvalue weighted by molar-refractivity contribution is 7.15. The number of halogens is 1. The molecule has 142 valence electrons. The highest BCUT2D eigenvalue weighted by Crippen LogP contribution is 2.33. The number of carbonyl (C=O) groups is 2. The van der Waals surface area contributed by atoms with Crippen LogP contribution in [-0.2, 0) is 22.4 Å². The highest BCUT2D eigenvalue weighted by atomic mass is 32.1. The van der Waals surface area contributed by atoms with Crippen molar-refractivity contribution in [1.29, 1.82) is 0 Å². The molecule has 7 heteroatoms. The number of hydrogen-bond donors (Lipinski definition) is 1. The van der Waals surface area contributed by atoms with Gasteiger partial charge in [-0.15, -0.1) is 11.3 Å². The van der Waals surface area contributed by atoms with E-state index in [2.05, 4.69) is 4.98 Å². The first kappa shape index (κ1) is 18.3. The summed E-state index contributed by atoms with van der Waals surface area (Å²) in [6.45, 7) is 0. The number of carbonyl (C=O) groups excluding carboxylic acids is 1. The molecule has 2 aromatic carbocycles. The van der Waals surface area contributed by atoms with Crippen molar-refractivity contribution < 1.29 is 19.1 Å². The van der Waals surface area contributed by atoms with Gasteiger partial charge in [-0.1, -0.05) is 30.3 Å². The zero-order valence-electron chi connectivity index (χ0n) is 14.8. The number of hydrogen-bond acceptors (Lipinski definition) is 4. The molecule has 0 radical (unpaired) electrons. The minimum Gasteiger partial charge on any atom is -0.480 e. The Morgan fingerprint density at radius 1 is 1.21 bits per heavy atom. The summed E-state index contributed by atoms with van der Waals surface area (Å²) in [7, 11) is 0. The van der Waals surface area contributed by atoms with Crippen molar-refractivity contribution in [2.75, 3.05) is 4.90 Å². The Hall–Kier alpha value is -3.06. The van der Waals surface area contributed by atoms with Crippen LogP contribution in [0.4, 0.5) is 10.1 Å². The van der Waals surface area contributed by atoms with Gasteiger partial charge in [0.2, 0.25) is 5.91 Å². The van der Waals surface area contributed by atoms with Gasteiger partial charge in [-0.25, -0.2) is 14.2 Å². The molecule has 0 saturated carbocycles. The maximum absolute atomic E-state index is 13.4. The van der Waals surface area contributed by atoms with Crippen LogP contribution in [0.3, 0.4) is 0 Å². The normalized spacial score (nSPS) is 15.5. The summed E-state index contributed by atoms with van der Waals surface area (Å²) in [4.78, 5) is 31.0. The van der Waals surface area contributed by atoms with Gasteiger partial charge in [0.1, 0.15) is 16.9 Å². The molecule has 3 aromatic rings. The first-order valence-corrected chi connectivity index (χ1v) is 9.68. The fourth-order valence-electron chi connectivity index (χ4n) is 3.42. The monoisotopic (exact) mass is 396 g/mol. The molecule has 1 unspecified atom stereocenters. The van der Waals surface area contributed by atoms with Crippen LogP contribution in [-0.4, -0.2) is 28.0 Å². The van der Waals surface area contributed by atoms with Gasteiger partial charge in [-0.2, -0.15) is 0 Å². The second kappa shape index (κ2) is 7.52. The van der Waals surface area contributed by atoms with Gasteiger partial charge in [0.25, 0.3) is 0 Å². The zero-order valence-corrected chi connectivity index (χ0v) is 15.7. The Balaban J connectivity index is 1.48. The summed E-state index contributed by atoms with van der Waals surface area (Å²) < 4.78 is 13.4. The molecule has 2 heterocycles. The fraction of sp³-hybridized carbons (Fsp3) is 0.190. The molecule has 0 saturated heterocycles. The van der Waals surface area contributed by atoms with Crippen LogP contribution in [0.15, 0.2) is 54.7 Å². The van der Waals surface area contributed by atoms with Crippen LogP contribution >= 0.6 is 11.3 Å². The van der Waals surface area contributed by atoms with Gasteiger partial charge in [0.15, 0.2) is 0 Å². The highest BCUT2D eigenvalue weighted by Gasteiger charge is 2.37. The van der Waals surface area contributed by atoms with Crippen LogP contribution in [0, 0.1) is 5.82 Å². The lowest BCUT2D eigenvalue weighted by molar-refractivity contribution is -0.139. The van der Waals surface area contributed by atoms with Crippen LogP contribution < -0.4 is 4.90 Å². The maximum Gasteiger partial charge on any atom is 0.327 e. The van der Waals surface area contributed by atoms with E-state index in [0.29, 0.717) is 29.1 Å². The Kier molecular flexibility index (Phi) is 4.92. The summed E-state index contributed by atoms with van der Waals surface area (Å²) >= 11 is 1.41. The van der Waals surface area contributed by atoms with E-state index < -0.39 is 12.0 Å². The number of rotatable bonds is 5. The van der Waals surface area contributed by atoms with E-state index in [1.165, 1.54) is 28.4 Å². The fourth-order valence-corrected chi connectivity index (χ4v) is 4.33. The van der Waals surface area contributed by atoms with Crippen molar-refractivity contribution in [2.24, 2.45) is 0 Å². The van der Waals surface area contributed by atoms with E-state index in [-0.39, 0.29) is 18.1 Å². The predicted octanol–water partition coefficient (Wildman–Crippen LogP) is 3.92. The summed E-state index contributed by atoms with van der Waals surface area (Å²) in [6, 6.07) is 12.6. The van der Waals surface area contributed by atoms with Crippen molar-refractivity contribution in [3.05, 3.63) is 71.0 Å². The van der Waals surface area contributed by atoms with Gasteiger partial charge >= 0.3 is 5.97 Å². The van der Waals surface area contributed by atoms with Gasteiger partial charge in [-0.3, -0.25) is 9.69 Å². The van der Waals surface area contributed by atoms with E-state index >= 15 is 0 Å². The Morgan fingerprint density at radius 3 is 2.82 bits per heavy atom. The molecule has 4 rings (SSSR count). The number of anilines is 1. The van der Waals surface area contributed by atoms with Crippen LogP contribution in [0.1, 0.15) is 16.9 Å². The zero-order chi connectivity index (χ0) is 19.7. The number of aliphatic carboxylic acids is 1. The third-order valence-corrected chi connectivity index (χ3v) is 5.85. The Labute approximate surface area is 165 Å². The van der Waals surface area contributed by atoms with Gasteiger partial charge in [-0.05, 0) is 30.2 Å². The van der Waals surface area contributed by atoms with Crippen LogP contribution in [0.25, 0.3) is 10.6 Å². The second-order valence-corrected chi connectivity index (χ2v) is 7.71. The number of nitrogens with zero attached hydrogens (tertiary/aromatic N) is 2. The summed E-state index contributed by atoms with van der Waals surface area (Å²) in [5, 5.41) is 10.2. The molecule has 1 aliphatic rings. The molecular weight excluding hydrogens is 379 g/mol. The molecule has 1 N–H and O–H groups in total. The number of amides is 1. The van der Waals surface area contributed by atoms with E-state index in [9.17, 15) is 19.1 Å². The molecule has 1 aromatic heterocycles. The number of thiazole rings is 1. The number of carboxylic acid groups (broad SMARTS) is 1. The summed E-state index contributed by atoms with van der Waals surface area (Å²) in [5.41, 5.74) is 2.24. The van der Waals surface area contributed by atoms with Crippen molar-refractivity contribution in [1.82, 2.24) is 4.98 Å². The molecule has 1 atom stereocenters. The third-order valence-electron chi connectivity index (χ3n) is 4.74. The number of fused-ring (bicyclic) bond motifs is 1. The van der Waals surface area contributed by atoms with Crippen molar-refractivity contribution in [3.8, 4) is 10.6 Å². The van der Waals surface area contributed by atoms with E-state index in [1.807, 2.05) is 12.1 Å². The SMILES string of the molecule is O=C(O)C1Cc2ccccc2N1C(=O)CCc1cnc(-c2cccc(F)c2)s1. The van der Waals surface area contributed by atoms with Gasteiger partial charge in [0.05, 0.1) is 0 Å². The Bertz CT molecular complexity index is 1050. The van der Waals surface area contributed by atoms with Gasteiger partial charge in [0, 0.05) is 35.2 Å². The number of aromatic nitrogens is 1. The molecule has 0 fully saturated rings. The maximum atomic E-state index is 13.4. The van der Waals surface area contributed by atoms with Crippen molar-refractivity contribution in [3.63, 3.8) is 0 Å². The molecule has 28 heavy (non-hydrogen) atoms. The quantitative estimate of drug-likeness (QED) is 0.710. The molecule has 0 spiro atoms. The minimum absolute atomic E-state index is 0.183. The topological polar surface area (TPSA) is 70.5 Å². The van der Waals surface area contributed by atoms with Crippen LogP contribution in [0.2, 0.25) is 0 Å². The molecule has 1 aliphatic heterocycles. The number of carboxylic acids is 1. The standard InChI is InChI=1S/C21H17FN2O3S/c22-15-6-3-5-14(10-15)20-23-12-16(28-20)8-9-19(25)24-17-7-2-1-4-13(17)11-18(24)21(26)27/h1-7,10,12,18H,8-9,11H2,(H,26,27). The molecule has 5 nitrogen and oxygen atoms in total. The first-order valence-electron chi connectivity index (χ1n) is 8.86. The average molecular weight is 396 g/mol. The minimum atomic E-state index is -1.00. The van der Waals surface area contributed by atoms with Crippen molar-refractivity contribution >= 4 is 28.9 Å². The van der Waals surface area contributed by atoms with Crippen molar-refractivity contribution in [2.45, 2.75) is 25.3 Å². The molecule has 1 amide bonds. The third kappa shape index (κ3) is 3.53. The lowest BCUT2D eigenvalue weighted by Crippen LogP contribution is -2.42. The van der Waals surface area contributed by atoms with Crippen LogP contribution in [0.5, 0.6) is 0 Å². The predicted molar refractivity (Wildman–Crippen MR) is 105 cm³/mol. The lowest BCUT2D eigenvalue weighted by atomic mass is 10.1. The number of aryl methyl sites for hydroxylation is 1. The largest absolute Gasteiger partial charge is 0.480 e.